The van der Waals surface area contributed by atoms with Gasteiger partial charge in [0.2, 0.25) is 0 Å². The number of fused-ring (bicyclic) bond motifs is 1. The molecule has 4 rings (SSSR count). The first-order chi connectivity index (χ1) is 14.6. The van der Waals surface area contributed by atoms with E-state index in [9.17, 15) is 9.59 Å². The number of anilines is 1. The molecule has 3 aromatic carbocycles. The summed E-state index contributed by atoms with van der Waals surface area (Å²) in [6.45, 7) is -0.373. The number of benzene rings is 3. The highest BCUT2D eigenvalue weighted by atomic mass is 127. The molecule has 0 unspecified atom stereocenters. The van der Waals surface area contributed by atoms with Crippen LogP contribution >= 0.6 is 22.6 Å². The summed E-state index contributed by atoms with van der Waals surface area (Å²) >= 11 is 2.19. The molecule has 30 heavy (non-hydrogen) atoms. The molecule has 0 bridgehead atoms. The van der Waals surface area contributed by atoms with Crippen LogP contribution in [0.5, 0.6) is 0 Å². The molecule has 5 nitrogen and oxygen atoms in total. The fourth-order valence-electron chi connectivity index (χ4n) is 3.04. The molecule has 0 aliphatic heterocycles. The summed E-state index contributed by atoms with van der Waals surface area (Å²) in [5.41, 5.74) is 3.28. The molecule has 0 radical (unpaired) electrons. The molecule has 0 spiro atoms. The first-order valence-electron chi connectivity index (χ1n) is 9.28. The highest BCUT2D eigenvalue weighted by Gasteiger charge is 2.16. The van der Waals surface area contributed by atoms with E-state index in [0.29, 0.717) is 27.8 Å². The summed E-state index contributed by atoms with van der Waals surface area (Å²) in [5, 5.41) is 3.40. The summed E-state index contributed by atoms with van der Waals surface area (Å²) in [7, 11) is 0. The van der Waals surface area contributed by atoms with Crippen molar-refractivity contribution in [3.8, 4) is 11.3 Å². The molecule has 148 valence electrons. The van der Waals surface area contributed by atoms with Crippen LogP contribution in [0.15, 0.2) is 84.9 Å². The van der Waals surface area contributed by atoms with E-state index in [0.717, 1.165) is 9.13 Å². The van der Waals surface area contributed by atoms with Crippen molar-refractivity contribution < 1.29 is 14.3 Å². The minimum Gasteiger partial charge on any atom is -0.452 e. The number of carbonyl (C=O) groups is 2. The SMILES string of the molecule is O=C(COC(=O)c1cc(-c2ccccc2)nc2ccccc12)Nc1ccc(I)cc1. The molecule has 0 saturated heterocycles. The molecule has 0 saturated carbocycles. The minimum absolute atomic E-state index is 0.373. The fourth-order valence-corrected chi connectivity index (χ4v) is 3.40. The zero-order chi connectivity index (χ0) is 20.9. The largest absolute Gasteiger partial charge is 0.452 e. The van der Waals surface area contributed by atoms with Gasteiger partial charge in [-0.05, 0) is 59.0 Å². The maximum absolute atomic E-state index is 12.8. The predicted molar refractivity (Wildman–Crippen MR) is 125 cm³/mol. The van der Waals surface area contributed by atoms with Crippen LogP contribution in [0.1, 0.15) is 10.4 Å². The Kier molecular flexibility index (Phi) is 6.04. The number of rotatable bonds is 5. The van der Waals surface area contributed by atoms with E-state index in [2.05, 4.69) is 32.9 Å². The predicted octanol–water partition coefficient (Wildman–Crippen LogP) is 5.30. The smallest absolute Gasteiger partial charge is 0.339 e. The lowest BCUT2D eigenvalue weighted by molar-refractivity contribution is -0.119. The van der Waals surface area contributed by atoms with Crippen LogP contribution in [0.4, 0.5) is 5.69 Å². The Hall–Kier alpha value is -3.26. The third kappa shape index (κ3) is 4.65. The second-order valence-electron chi connectivity index (χ2n) is 6.57. The van der Waals surface area contributed by atoms with Gasteiger partial charge in [-0.2, -0.15) is 0 Å². The van der Waals surface area contributed by atoms with Gasteiger partial charge in [-0.3, -0.25) is 4.79 Å². The van der Waals surface area contributed by atoms with E-state index in [-0.39, 0.29) is 6.61 Å². The topological polar surface area (TPSA) is 68.3 Å². The van der Waals surface area contributed by atoms with Gasteiger partial charge in [0.15, 0.2) is 6.61 Å². The molecule has 1 N–H and O–H groups in total. The number of para-hydroxylation sites is 1. The summed E-state index contributed by atoms with van der Waals surface area (Å²) in [4.78, 5) is 29.7. The van der Waals surface area contributed by atoms with E-state index in [4.69, 9.17) is 4.74 Å². The number of esters is 1. The van der Waals surface area contributed by atoms with Crippen molar-refractivity contribution >= 4 is 51.1 Å². The van der Waals surface area contributed by atoms with Crippen molar-refractivity contribution in [1.29, 1.82) is 0 Å². The Balaban J connectivity index is 1.55. The van der Waals surface area contributed by atoms with Gasteiger partial charge in [0, 0.05) is 20.2 Å². The lowest BCUT2D eigenvalue weighted by atomic mass is 10.0. The van der Waals surface area contributed by atoms with Gasteiger partial charge >= 0.3 is 5.97 Å². The number of ether oxygens (including phenoxy) is 1. The molecule has 1 amide bonds. The zero-order valence-corrected chi connectivity index (χ0v) is 18.0. The number of pyridine rings is 1. The van der Waals surface area contributed by atoms with Crippen molar-refractivity contribution in [2.75, 3.05) is 11.9 Å². The van der Waals surface area contributed by atoms with Gasteiger partial charge in [-0.15, -0.1) is 0 Å². The van der Waals surface area contributed by atoms with E-state index in [1.807, 2.05) is 66.7 Å². The van der Waals surface area contributed by atoms with Gasteiger partial charge in [-0.1, -0.05) is 48.5 Å². The third-order valence-electron chi connectivity index (χ3n) is 4.47. The number of amides is 1. The highest BCUT2D eigenvalue weighted by molar-refractivity contribution is 14.1. The van der Waals surface area contributed by atoms with Crippen molar-refractivity contribution in [2.45, 2.75) is 0 Å². The minimum atomic E-state index is -0.566. The van der Waals surface area contributed by atoms with Crippen LogP contribution in [0.2, 0.25) is 0 Å². The number of nitrogens with zero attached hydrogens (tertiary/aromatic N) is 1. The summed E-state index contributed by atoms with van der Waals surface area (Å²) in [6, 6.07) is 26.1. The van der Waals surface area contributed by atoms with Gasteiger partial charge in [0.1, 0.15) is 0 Å². The molecule has 0 fully saturated rings. The zero-order valence-electron chi connectivity index (χ0n) is 15.8. The van der Waals surface area contributed by atoms with Crippen LogP contribution in [-0.2, 0) is 9.53 Å². The monoisotopic (exact) mass is 508 g/mol. The van der Waals surface area contributed by atoms with Crippen LogP contribution in [0, 0.1) is 3.57 Å². The quantitative estimate of drug-likeness (QED) is 0.294. The van der Waals surface area contributed by atoms with E-state index < -0.39 is 11.9 Å². The molecule has 0 aliphatic rings. The second kappa shape index (κ2) is 9.04. The number of aromatic nitrogens is 1. The number of halogens is 1. The first kappa shape index (κ1) is 20.0. The maximum atomic E-state index is 12.8. The van der Waals surface area contributed by atoms with Crippen molar-refractivity contribution in [1.82, 2.24) is 4.98 Å². The van der Waals surface area contributed by atoms with E-state index in [1.165, 1.54) is 0 Å². The molecule has 1 aromatic heterocycles. The Labute approximate surface area is 187 Å². The van der Waals surface area contributed by atoms with Gasteiger partial charge in [-0.25, -0.2) is 9.78 Å². The van der Waals surface area contributed by atoms with Crippen LogP contribution in [-0.4, -0.2) is 23.5 Å². The van der Waals surface area contributed by atoms with Gasteiger partial charge < -0.3 is 10.1 Å². The fraction of sp³-hybridized carbons (Fsp3) is 0.0417. The van der Waals surface area contributed by atoms with Crippen LogP contribution < -0.4 is 5.32 Å². The van der Waals surface area contributed by atoms with Crippen molar-refractivity contribution in [3.05, 3.63) is 94.1 Å². The second-order valence-corrected chi connectivity index (χ2v) is 7.82. The summed E-state index contributed by atoms with van der Waals surface area (Å²) < 4.78 is 6.37. The van der Waals surface area contributed by atoms with E-state index in [1.54, 1.807) is 18.2 Å². The van der Waals surface area contributed by atoms with Crippen molar-refractivity contribution in [2.24, 2.45) is 0 Å². The third-order valence-corrected chi connectivity index (χ3v) is 5.19. The molecule has 0 aliphatic carbocycles. The standard InChI is InChI=1S/C24H17IN2O3/c25-17-10-12-18(13-11-17)26-23(28)15-30-24(29)20-14-22(16-6-2-1-3-7-16)27-21-9-5-4-8-19(20)21/h1-14H,15H2,(H,26,28). The lowest BCUT2D eigenvalue weighted by Gasteiger charge is -2.10. The number of nitrogens with one attached hydrogen (secondary N) is 1. The van der Waals surface area contributed by atoms with Crippen LogP contribution in [0.3, 0.4) is 0 Å². The Morgan fingerprint density at radius 2 is 1.60 bits per heavy atom. The lowest BCUT2D eigenvalue weighted by Crippen LogP contribution is -2.21. The molecular weight excluding hydrogens is 491 g/mol. The molecular formula is C24H17IN2O3. The average molecular weight is 508 g/mol. The number of hydrogen-bond donors (Lipinski definition) is 1. The normalized spacial score (nSPS) is 10.6. The van der Waals surface area contributed by atoms with Gasteiger partial charge in [0.25, 0.3) is 5.91 Å². The summed E-state index contributed by atoms with van der Waals surface area (Å²) in [5.74, 6) is -0.963. The summed E-state index contributed by atoms with van der Waals surface area (Å²) in [6.07, 6.45) is 0. The Bertz CT molecular complexity index is 1210. The Morgan fingerprint density at radius 3 is 2.37 bits per heavy atom. The average Bonchev–Trinajstić information content (AvgIpc) is 2.79. The van der Waals surface area contributed by atoms with Crippen molar-refractivity contribution in [3.63, 3.8) is 0 Å². The number of carbonyl (C=O) groups excluding carboxylic acids is 2. The van der Waals surface area contributed by atoms with Crippen LogP contribution in [0.25, 0.3) is 22.2 Å². The highest BCUT2D eigenvalue weighted by Crippen LogP contribution is 2.25. The molecule has 6 heteroatoms. The number of hydrogen-bond acceptors (Lipinski definition) is 4. The van der Waals surface area contributed by atoms with Gasteiger partial charge in [0.05, 0.1) is 16.8 Å². The van der Waals surface area contributed by atoms with E-state index >= 15 is 0 Å². The maximum Gasteiger partial charge on any atom is 0.339 e. The molecule has 0 atom stereocenters. The molecule has 4 aromatic rings. The Morgan fingerprint density at radius 1 is 0.900 bits per heavy atom. The first-order valence-corrected chi connectivity index (χ1v) is 10.4. The molecule has 1 heterocycles.